The minimum absolute atomic E-state index is 0. The van der Waals surface area contributed by atoms with Crippen molar-refractivity contribution in [2.75, 3.05) is 6.54 Å². The lowest BCUT2D eigenvalue weighted by molar-refractivity contribution is 0.123. The Morgan fingerprint density at radius 2 is 2.15 bits per heavy atom. The number of para-hydroxylation sites is 1. The van der Waals surface area contributed by atoms with Crippen molar-refractivity contribution in [2.24, 2.45) is 5.73 Å². The molecule has 1 aliphatic rings. The van der Waals surface area contributed by atoms with E-state index in [0.29, 0.717) is 6.04 Å². The van der Waals surface area contributed by atoms with Gasteiger partial charge in [-0.3, -0.25) is 4.90 Å². The molecule has 2 aromatic rings. The van der Waals surface area contributed by atoms with Crippen molar-refractivity contribution in [2.45, 2.75) is 44.8 Å². The summed E-state index contributed by atoms with van der Waals surface area (Å²) >= 11 is 0. The van der Waals surface area contributed by atoms with Crippen LogP contribution in [-0.2, 0) is 6.54 Å². The van der Waals surface area contributed by atoms with Crippen molar-refractivity contribution in [3.8, 4) is 0 Å². The smallest absolute Gasteiger partial charge is 0.134 e. The van der Waals surface area contributed by atoms with Crippen molar-refractivity contribution >= 4 is 23.4 Å². The van der Waals surface area contributed by atoms with Gasteiger partial charge in [0.25, 0.3) is 0 Å². The van der Waals surface area contributed by atoms with Crippen LogP contribution in [0.2, 0.25) is 0 Å². The maximum atomic E-state index is 6.13. The molecule has 4 heteroatoms. The standard InChI is InChI=1S/C16H22N2O.ClH/c1-12(17)15-7-4-5-9-18(15)10-13-11-19-16-8-3-2-6-14(13)16;/h2-3,6,8,11-12,15H,4-5,7,9-10,17H2,1H3;1H. The maximum absolute atomic E-state index is 6.13. The molecule has 1 saturated heterocycles. The topological polar surface area (TPSA) is 42.4 Å². The summed E-state index contributed by atoms with van der Waals surface area (Å²) in [7, 11) is 0. The number of hydrogen-bond acceptors (Lipinski definition) is 3. The molecule has 0 spiro atoms. The molecule has 110 valence electrons. The summed E-state index contributed by atoms with van der Waals surface area (Å²) in [4.78, 5) is 2.52. The van der Waals surface area contributed by atoms with Gasteiger partial charge in [0, 0.05) is 29.6 Å². The van der Waals surface area contributed by atoms with Gasteiger partial charge in [-0.2, -0.15) is 0 Å². The predicted octanol–water partition coefficient (Wildman–Crippen LogP) is 3.56. The van der Waals surface area contributed by atoms with E-state index in [1.54, 1.807) is 0 Å². The van der Waals surface area contributed by atoms with E-state index in [9.17, 15) is 0 Å². The number of furan rings is 1. The average molecular weight is 295 g/mol. The summed E-state index contributed by atoms with van der Waals surface area (Å²) in [5.74, 6) is 0. The van der Waals surface area contributed by atoms with Crippen molar-refractivity contribution < 1.29 is 4.42 Å². The van der Waals surface area contributed by atoms with E-state index in [-0.39, 0.29) is 18.4 Å². The third-order valence-corrected chi connectivity index (χ3v) is 4.21. The fourth-order valence-corrected chi connectivity index (χ4v) is 3.18. The third kappa shape index (κ3) is 3.00. The molecule has 0 amide bonds. The fourth-order valence-electron chi connectivity index (χ4n) is 3.18. The first-order valence-electron chi connectivity index (χ1n) is 7.20. The number of rotatable bonds is 3. The van der Waals surface area contributed by atoms with Gasteiger partial charge in [0.15, 0.2) is 0 Å². The minimum Gasteiger partial charge on any atom is -0.464 e. The molecule has 2 atom stereocenters. The molecule has 0 saturated carbocycles. The molecule has 1 aliphatic heterocycles. The van der Waals surface area contributed by atoms with Crippen LogP contribution in [0.1, 0.15) is 31.7 Å². The zero-order valence-electron chi connectivity index (χ0n) is 11.9. The largest absolute Gasteiger partial charge is 0.464 e. The van der Waals surface area contributed by atoms with E-state index in [4.69, 9.17) is 10.2 Å². The lowest BCUT2D eigenvalue weighted by Gasteiger charge is -2.37. The van der Waals surface area contributed by atoms with Crippen LogP contribution < -0.4 is 5.73 Å². The molecular formula is C16H23ClN2O. The first-order valence-corrected chi connectivity index (χ1v) is 7.20. The SMILES string of the molecule is CC(N)C1CCCCN1Cc1coc2ccccc12.Cl. The molecule has 3 nitrogen and oxygen atoms in total. The van der Waals surface area contributed by atoms with Crippen LogP contribution in [0.25, 0.3) is 11.0 Å². The van der Waals surface area contributed by atoms with Crippen LogP contribution in [0, 0.1) is 0 Å². The normalized spacial score (nSPS) is 21.6. The molecule has 0 bridgehead atoms. The average Bonchev–Trinajstić information content (AvgIpc) is 2.83. The fraction of sp³-hybridized carbons (Fsp3) is 0.500. The molecule has 1 aromatic carbocycles. The van der Waals surface area contributed by atoms with Gasteiger partial charge in [0.2, 0.25) is 0 Å². The van der Waals surface area contributed by atoms with Crippen molar-refractivity contribution in [3.63, 3.8) is 0 Å². The number of fused-ring (bicyclic) bond motifs is 1. The van der Waals surface area contributed by atoms with Crippen LogP contribution in [0.3, 0.4) is 0 Å². The monoisotopic (exact) mass is 294 g/mol. The zero-order chi connectivity index (χ0) is 13.2. The van der Waals surface area contributed by atoms with E-state index in [2.05, 4.69) is 24.0 Å². The molecular weight excluding hydrogens is 272 g/mol. The van der Waals surface area contributed by atoms with Gasteiger partial charge >= 0.3 is 0 Å². The van der Waals surface area contributed by atoms with Crippen molar-refractivity contribution in [1.29, 1.82) is 0 Å². The summed E-state index contributed by atoms with van der Waals surface area (Å²) in [5, 5.41) is 1.23. The molecule has 2 N–H and O–H groups in total. The summed E-state index contributed by atoms with van der Waals surface area (Å²) in [6.45, 7) is 4.21. The van der Waals surface area contributed by atoms with E-state index >= 15 is 0 Å². The molecule has 1 fully saturated rings. The highest BCUT2D eigenvalue weighted by Crippen LogP contribution is 2.26. The van der Waals surface area contributed by atoms with Crippen LogP contribution in [0.4, 0.5) is 0 Å². The van der Waals surface area contributed by atoms with Crippen LogP contribution in [-0.4, -0.2) is 23.5 Å². The summed E-state index contributed by atoms with van der Waals surface area (Å²) < 4.78 is 5.63. The Morgan fingerprint density at radius 3 is 2.95 bits per heavy atom. The van der Waals surface area contributed by atoms with Crippen LogP contribution >= 0.6 is 12.4 Å². The third-order valence-electron chi connectivity index (χ3n) is 4.21. The quantitative estimate of drug-likeness (QED) is 0.941. The van der Waals surface area contributed by atoms with Crippen LogP contribution in [0.5, 0.6) is 0 Å². The molecule has 3 rings (SSSR count). The highest BCUT2D eigenvalue weighted by atomic mass is 35.5. The Labute approximate surface area is 126 Å². The number of nitrogens with two attached hydrogens (primary N) is 1. The molecule has 20 heavy (non-hydrogen) atoms. The van der Waals surface area contributed by atoms with Crippen molar-refractivity contribution in [1.82, 2.24) is 4.90 Å². The van der Waals surface area contributed by atoms with E-state index in [1.165, 1.54) is 30.2 Å². The highest BCUT2D eigenvalue weighted by molar-refractivity contribution is 5.85. The summed E-state index contributed by atoms with van der Waals surface area (Å²) in [6.07, 6.45) is 5.69. The minimum atomic E-state index is 0. The number of halogens is 1. The van der Waals surface area contributed by atoms with Gasteiger partial charge < -0.3 is 10.2 Å². The Kier molecular flexibility index (Phi) is 5.08. The summed E-state index contributed by atoms with van der Waals surface area (Å²) in [5.41, 5.74) is 8.39. The number of benzene rings is 1. The maximum Gasteiger partial charge on any atom is 0.134 e. The molecule has 1 aromatic heterocycles. The Bertz CT molecular complexity index is 552. The second-order valence-electron chi connectivity index (χ2n) is 5.65. The van der Waals surface area contributed by atoms with Crippen LogP contribution in [0.15, 0.2) is 34.9 Å². The second kappa shape index (κ2) is 6.61. The van der Waals surface area contributed by atoms with E-state index < -0.39 is 0 Å². The molecule has 2 heterocycles. The Hall–Kier alpha value is -1.03. The Morgan fingerprint density at radius 1 is 1.35 bits per heavy atom. The number of hydrogen-bond donors (Lipinski definition) is 1. The van der Waals surface area contributed by atoms with Gasteiger partial charge in [-0.1, -0.05) is 24.6 Å². The lowest BCUT2D eigenvalue weighted by Crippen LogP contribution is -2.48. The first kappa shape index (κ1) is 15.4. The van der Waals surface area contributed by atoms with Gasteiger partial charge in [0.05, 0.1) is 6.26 Å². The zero-order valence-corrected chi connectivity index (χ0v) is 12.7. The molecule has 2 unspecified atom stereocenters. The van der Waals surface area contributed by atoms with E-state index in [0.717, 1.165) is 18.7 Å². The highest BCUT2D eigenvalue weighted by Gasteiger charge is 2.26. The van der Waals surface area contributed by atoms with Gasteiger partial charge in [-0.05, 0) is 32.4 Å². The second-order valence-corrected chi connectivity index (χ2v) is 5.65. The number of piperidine rings is 1. The van der Waals surface area contributed by atoms with Crippen molar-refractivity contribution in [3.05, 3.63) is 36.1 Å². The predicted molar refractivity (Wildman–Crippen MR) is 85.2 cm³/mol. The van der Waals surface area contributed by atoms with Gasteiger partial charge in [-0.25, -0.2) is 0 Å². The number of likely N-dealkylation sites (tertiary alicyclic amines) is 1. The first-order chi connectivity index (χ1) is 9.25. The number of nitrogens with zero attached hydrogens (tertiary/aromatic N) is 1. The summed E-state index contributed by atoms with van der Waals surface area (Å²) in [6, 6.07) is 8.99. The van der Waals surface area contributed by atoms with Gasteiger partial charge in [-0.15, -0.1) is 12.4 Å². The Balaban J connectivity index is 0.00000147. The lowest BCUT2D eigenvalue weighted by atomic mass is 9.96. The van der Waals surface area contributed by atoms with Gasteiger partial charge in [0.1, 0.15) is 5.58 Å². The van der Waals surface area contributed by atoms with E-state index in [1.807, 2.05) is 18.4 Å². The molecule has 0 radical (unpaired) electrons. The molecule has 0 aliphatic carbocycles.